The Morgan fingerprint density at radius 3 is 2.80 bits per heavy atom. The lowest BCUT2D eigenvalue weighted by Gasteiger charge is -2.38. The minimum absolute atomic E-state index is 0.110. The summed E-state index contributed by atoms with van der Waals surface area (Å²) in [6, 6.07) is 10.2. The quantitative estimate of drug-likeness (QED) is 0.382. The maximum atomic E-state index is 13.7. The van der Waals surface area contributed by atoms with Crippen molar-refractivity contribution in [1.29, 1.82) is 0 Å². The van der Waals surface area contributed by atoms with Crippen LogP contribution in [0.15, 0.2) is 48.8 Å². The average molecular weight is 544 g/mol. The molecule has 5 heterocycles. The van der Waals surface area contributed by atoms with E-state index in [0.717, 1.165) is 28.2 Å². The summed E-state index contributed by atoms with van der Waals surface area (Å²) in [6.07, 6.45) is 3.32. The molecule has 0 atom stereocenters. The monoisotopic (exact) mass is 543 g/mol. The van der Waals surface area contributed by atoms with Gasteiger partial charge in [-0.05, 0) is 57.8 Å². The number of rotatable bonds is 6. The van der Waals surface area contributed by atoms with E-state index < -0.39 is 5.60 Å². The fraction of sp³-hybridized carbons (Fsp3) is 0.310. The molecule has 10 nitrogen and oxygen atoms in total. The van der Waals surface area contributed by atoms with Crippen LogP contribution in [-0.4, -0.2) is 63.9 Å². The highest BCUT2D eigenvalue weighted by Gasteiger charge is 2.38. The summed E-state index contributed by atoms with van der Waals surface area (Å²) in [5, 5.41) is 6.25. The molecule has 0 bridgehead atoms. The van der Waals surface area contributed by atoms with Crippen LogP contribution >= 0.6 is 0 Å². The van der Waals surface area contributed by atoms with Gasteiger partial charge in [0.1, 0.15) is 22.9 Å². The summed E-state index contributed by atoms with van der Waals surface area (Å²) in [4.78, 5) is 39.0. The second-order valence-corrected chi connectivity index (χ2v) is 10.8. The summed E-state index contributed by atoms with van der Waals surface area (Å²) in [7, 11) is 3.89. The van der Waals surface area contributed by atoms with Gasteiger partial charge < -0.3 is 25.2 Å². The molecule has 2 aliphatic heterocycles. The Bertz CT molecular complexity index is 1660. The number of nitrogens with zero attached hydrogens (tertiary/aromatic N) is 5. The highest BCUT2D eigenvalue weighted by Crippen LogP contribution is 2.36. The number of fused-ring (bicyclic) bond motifs is 2. The van der Waals surface area contributed by atoms with Crippen LogP contribution in [0, 0.1) is 5.82 Å². The molecule has 0 unspecified atom stereocenters. The molecule has 3 aromatic heterocycles. The van der Waals surface area contributed by atoms with E-state index >= 15 is 0 Å². The number of amides is 2. The Morgan fingerprint density at radius 2 is 2.00 bits per heavy atom. The highest BCUT2D eigenvalue weighted by molar-refractivity contribution is 6.06. The Morgan fingerprint density at radius 1 is 1.18 bits per heavy atom. The molecular weight excluding hydrogens is 513 g/mol. The van der Waals surface area contributed by atoms with E-state index in [4.69, 9.17) is 9.72 Å². The first-order valence-electron chi connectivity index (χ1n) is 13.1. The van der Waals surface area contributed by atoms with E-state index in [2.05, 4.69) is 15.6 Å². The third-order valence-corrected chi connectivity index (χ3v) is 7.22. The van der Waals surface area contributed by atoms with Gasteiger partial charge in [0.15, 0.2) is 0 Å². The molecule has 0 radical (unpaired) electrons. The number of ether oxygens (including phenoxy) is 1. The van der Waals surface area contributed by atoms with Crippen molar-refractivity contribution in [2.24, 2.45) is 0 Å². The van der Waals surface area contributed by atoms with Gasteiger partial charge in [-0.25, -0.2) is 14.4 Å². The zero-order chi connectivity index (χ0) is 28.2. The van der Waals surface area contributed by atoms with Gasteiger partial charge in [0.2, 0.25) is 0 Å². The smallest absolute Gasteiger partial charge is 0.258 e. The molecule has 4 aromatic rings. The van der Waals surface area contributed by atoms with E-state index in [1.165, 1.54) is 12.1 Å². The van der Waals surface area contributed by atoms with E-state index in [1.807, 2.05) is 43.3 Å². The minimum Gasteiger partial charge on any atom is -0.364 e. The van der Waals surface area contributed by atoms with Gasteiger partial charge >= 0.3 is 0 Å². The number of imidazole rings is 1. The van der Waals surface area contributed by atoms with Gasteiger partial charge in [-0.15, -0.1) is 0 Å². The van der Waals surface area contributed by atoms with E-state index in [-0.39, 0.29) is 17.6 Å². The molecule has 0 aliphatic carbocycles. The third-order valence-electron chi connectivity index (χ3n) is 7.22. The van der Waals surface area contributed by atoms with Gasteiger partial charge in [0, 0.05) is 37.5 Å². The maximum absolute atomic E-state index is 13.7. The first-order valence-corrected chi connectivity index (χ1v) is 13.1. The maximum Gasteiger partial charge on any atom is 0.258 e. The SMILES string of the molecule is CN(C)Cc1nc(Nc2ccc(-c3cnc4cc(F)ccn34)c3c2C(=O)NC3)ccc1N1CCOC(C)(C)C1=O. The van der Waals surface area contributed by atoms with Crippen LogP contribution in [0.5, 0.6) is 0 Å². The fourth-order valence-corrected chi connectivity index (χ4v) is 5.32. The number of nitrogens with one attached hydrogen (secondary N) is 2. The van der Waals surface area contributed by atoms with Gasteiger partial charge in [-0.2, -0.15) is 0 Å². The predicted molar refractivity (Wildman–Crippen MR) is 149 cm³/mol. The van der Waals surface area contributed by atoms with E-state index in [0.29, 0.717) is 49.0 Å². The molecule has 40 heavy (non-hydrogen) atoms. The lowest BCUT2D eigenvalue weighted by atomic mass is 9.99. The normalized spacial score (nSPS) is 16.5. The van der Waals surface area contributed by atoms with Crippen molar-refractivity contribution in [2.75, 3.05) is 37.5 Å². The van der Waals surface area contributed by atoms with Crippen LogP contribution in [0.2, 0.25) is 0 Å². The molecule has 206 valence electrons. The molecule has 2 amide bonds. The standard InChI is InChI=1S/C29H30FN7O3/c1-29(2)28(39)37(11-12-40-29)22-7-8-24(34-21(22)16-35(3)4)33-20-6-5-18(19-14-32-27(38)26(19)20)23-15-31-25-13-17(30)9-10-36(23)25/h5-10,13,15H,11-12,14,16H2,1-4H3,(H,32,38)(H,33,34). The highest BCUT2D eigenvalue weighted by atomic mass is 19.1. The molecule has 0 saturated carbocycles. The topological polar surface area (TPSA) is 104 Å². The van der Waals surface area contributed by atoms with Gasteiger partial charge in [0.05, 0.1) is 41.1 Å². The second-order valence-electron chi connectivity index (χ2n) is 10.8. The van der Waals surface area contributed by atoms with Crippen LogP contribution in [0.4, 0.5) is 21.6 Å². The van der Waals surface area contributed by atoms with Crippen molar-refractivity contribution in [1.82, 2.24) is 24.6 Å². The summed E-state index contributed by atoms with van der Waals surface area (Å²) < 4.78 is 21.2. The van der Waals surface area contributed by atoms with Crippen molar-refractivity contribution < 1.29 is 18.7 Å². The van der Waals surface area contributed by atoms with Crippen molar-refractivity contribution >= 4 is 34.7 Å². The van der Waals surface area contributed by atoms with Gasteiger partial charge in [-0.3, -0.25) is 14.0 Å². The number of carbonyl (C=O) groups excluding carboxylic acids is 2. The number of benzene rings is 1. The number of halogens is 1. The van der Waals surface area contributed by atoms with E-state index in [1.54, 1.807) is 35.5 Å². The van der Waals surface area contributed by atoms with Crippen LogP contribution < -0.4 is 15.5 Å². The molecule has 1 saturated heterocycles. The molecule has 2 aliphatic rings. The molecule has 6 rings (SSSR count). The largest absolute Gasteiger partial charge is 0.364 e. The third kappa shape index (κ3) is 4.46. The van der Waals surface area contributed by atoms with Crippen molar-refractivity contribution in [3.8, 4) is 11.3 Å². The fourth-order valence-electron chi connectivity index (χ4n) is 5.32. The van der Waals surface area contributed by atoms with Crippen molar-refractivity contribution in [2.45, 2.75) is 32.5 Å². The Balaban J connectivity index is 1.37. The van der Waals surface area contributed by atoms with Gasteiger partial charge in [-0.1, -0.05) is 6.07 Å². The van der Waals surface area contributed by atoms with Gasteiger partial charge in [0.25, 0.3) is 11.8 Å². The molecular formula is C29H30FN7O3. The van der Waals surface area contributed by atoms with Crippen molar-refractivity contribution in [3.63, 3.8) is 0 Å². The molecule has 2 N–H and O–H groups in total. The average Bonchev–Trinajstić information content (AvgIpc) is 3.50. The number of hydrogen-bond donors (Lipinski definition) is 2. The second kappa shape index (κ2) is 9.68. The zero-order valence-electron chi connectivity index (χ0n) is 22.8. The van der Waals surface area contributed by atoms with Crippen molar-refractivity contribution in [3.05, 3.63) is 71.4 Å². The molecule has 11 heteroatoms. The summed E-state index contributed by atoms with van der Waals surface area (Å²) in [5.41, 5.74) is 4.63. The molecule has 1 aromatic carbocycles. The molecule has 0 spiro atoms. The van der Waals surface area contributed by atoms with Crippen LogP contribution in [-0.2, 0) is 22.6 Å². The Hall–Kier alpha value is -4.35. The number of hydrogen-bond acceptors (Lipinski definition) is 7. The Kier molecular flexibility index (Phi) is 6.27. The summed E-state index contributed by atoms with van der Waals surface area (Å²) in [6.45, 7) is 5.31. The summed E-state index contributed by atoms with van der Waals surface area (Å²) >= 11 is 0. The first kappa shape index (κ1) is 25.9. The van der Waals surface area contributed by atoms with Crippen LogP contribution in [0.25, 0.3) is 16.9 Å². The van der Waals surface area contributed by atoms with E-state index in [9.17, 15) is 14.0 Å². The Labute approximate surface area is 230 Å². The number of carbonyl (C=O) groups is 2. The van der Waals surface area contributed by atoms with Crippen LogP contribution in [0.3, 0.4) is 0 Å². The number of anilines is 3. The summed E-state index contributed by atoms with van der Waals surface area (Å²) in [5.74, 6) is -0.104. The van der Waals surface area contributed by atoms with Crippen LogP contribution in [0.1, 0.15) is 35.5 Å². The lowest BCUT2D eigenvalue weighted by Crippen LogP contribution is -2.54. The molecule has 1 fully saturated rings. The predicted octanol–water partition coefficient (Wildman–Crippen LogP) is 3.73. The number of pyridine rings is 2. The minimum atomic E-state index is -0.908. The lowest BCUT2D eigenvalue weighted by molar-refractivity contribution is -0.144. The number of morpholine rings is 1. The zero-order valence-corrected chi connectivity index (χ0v) is 22.8. The number of aromatic nitrogens is 3. The first-order chi connectivity index (χ1) is 19.1.